The molecule has 0 spiro atoms. The van der Waals surface area contributed by atoms with E-state index in [2.05, 4.69) is 20.1 Å². The number of aryl methyl sites for hydroxylation is 1. The van der Waals surface area contributed by atoms with E-state index in [0.717, 1.165) is 38.7 Å². The van der Waals surface area contributed by atoms with Crippen LogP contribution in [0.5, 0.6) is 5.75 Å². The number of aromatic amines is 1. The van der Waals surface area contributed by atoms with E-state index in [1.54, 1.807) is 13.3 Å². The Kier molecular flexibility index (Phi) is 5.51. The van der Waals surface area contributed by atoms with E-state index >= 15 is 0 Å². The first-order chi connectivity index (χ1) is 15.7. The van der Waals surface area contributed by atoms with Crippen molar-refractivity contribution in [3.05, 3.63) is 70.6 Å². The van der Waals surface area contributed by atoms with E-state index in [0.29, 0.717) is 42.1 Å². The number of methoxy groups -OCH3 is 1. The van der Waals surface area contributed by atoms with Gasteiger partial charge in [-0.1, -0.05) is 41.9 Å². The second-order valence-corrected chi connectivity index (χ2v) is 7.84. The lowest BCUT2D eigenvalue weighted by Gasteiger charge is -2.11. The third kappa shape index (κ3) is 3.70. The summed E-state index contributed by atoms with van der Waals surface area (Å²) in [6.07, 6.45) is 2.46. The maximum atomic E-state index is 6.24. The number of rotatable bonds is 7. The monoisotopic (exact) mass is 448 g/mol. The Bertz CT molecular complexity index is 1410. The van der Waals surface area contributed by atoms with Gasteiger partial charge in [-0.25, -0.2) is 4.98 Å². The molecule has 2 aromatic carbocycles. The van der Waals surface area contributed by atoms with Gasteiger partial charge in [-0.2, -0.15) is 4.98 Å². The largest absolute Gasteiger partial charge is 0.488 e. The number of halogens is 1. The molecule has 5 rings (SSSR count). The first kappa shape index (κ1) is 20.5. The highest BCUT2D eigenvalue weighted by atomic mass is 35.5. The molecule has 0 radical (unpaired) electrons. The molecule has 162 valence electrons. The summed E-state index contributed by atoms with van der Waals surface area (Å²) in [6.45, 7) is 2.71. The number of nitrogens with one attached hydrogen (secondary N) is 1. The van der Waals surface area contributed by atoms with E-state index < -0.39 is 0 Å². The van der Waals surface area contributed by atoms with Crippen molar-refractivity contribution in [3.8, 4) is 17.3 Å². The van der Waals surface area contributed by atoms with Crippen LogP contribution in [0.2, 0.25) is 5.02 Å². The van der Waals surface area contributed by atoms with Crippen molar-refractivity contribution in [1.29, 1.82) is 0 Å². The zero-order valence-corrected chi connectivity index (χ0v) is 18.4. The topological polar surface area (TPSA) is 86.1 Å². The number of H-pyrrole nitrogens is 1. The van der Waals surface area contributed by atoms with E-state index in [1.807, 2.05) is 49.4 Å². The van der Waals surface area contributed by atoms with Crippen LogP contribution in [0, 0.1) is 0 Å². The van der Waals surface area contributed by atoms with E-state index in [1.165, 1.54) is 0 Å². The second kappa shape index (κ2) is 8.61. The van der Waals surface area contributed by atoms with Crippen molar-refractivity contribution < 1.29 is 14.0 Å². The van der Waals surface area contributed by atoms with Gasteiger partial charge in [-0.15, -0.1) is 0 Å². The minimum absolute atomic E-state index is 0.332. The number of ether oxygens (including phenoxy) is 2. The van der Waals surface area contributed by atoms with E-state index in [9.17, 15) is 0 Å². The molecule has 3 heterocycles. The maximum Gasteiger partial charge on any atom is 0.276 e. The lowest BCUT2D eigenvalue weighted by molar-refractivity contribution is 0.186. The van der Waals surface area contributed by atoms with Crippen LogP contribution in [0.15, 0.2) is 53.2 Å². The molecule has 3 aromatic heterocycles. The molecule has 0 atom stereocenters. The summed E-state index contributed by atoms with van der Waals surface area (Å²) in [5, 5.41) is 6.62. The Morgan fingerprint density at radius 3 is 2.72 bits per heavy atom. The lowest BCUT2D eigenvalue weighted by atomic mass is 10.0. The number of benzene rings is 2. The fourth-order valence-electron chi connectivity index (χ4n) is 3.84. The van der Waals surface area contributed by atoms with Crippen molar-refractivity contribution in [2.45, 2.75) is 26.6 Å². The number of nitrogens with zero attached hydrogens (tertiary/aromatic N) is 3. The maximum absolute atomic E-state index is 6.24. The van der Waals surface area contributed by atoms with Gasteiger partial charge in [0, 0.05) is 34.9 Å². The first-order valence-corrected chi connectivity index (χ1v) is 10.7. The number of hydrogen-bond acceptors (Lipinski definition) is 6. The smallest absolute Gasteiger partial charge is 0.276 e. The molecule has 7 nitrogen and oxygen atoms in total. The van der Waals surface area contributed by atoms with Gasteiger partial charge in [0.15, 0.2) is 5.82 Å². The third-order valence-electron chi connectivity index (χ3n) is 5.28. The van der Waals surface area contributed by atoms with E-state index in [4.69, 9.17) is 25.6 Å². The number of fused-ring (bicyclic) bond motifs is 3. The predicted molar refractivity (Wildman–Crippen MR) is 123 cm³/mol. The van der Waals surface area contributed by atoms with Gasteiger partial charge in [0.05, 0.1) is 23.8 Å². The number of hydrogen-bond donors (Lipinski definition) is 1. The summed E-state index contributed by atoms with van der Waals surface area (Å²) in [4.78, 5) is 12.5. The summed E-state index contributed by atoms with van der Waals surface area (Å²) >= 11 is 6.12. The quantitative estimate of drug-likeness (QED) is 0.343. The van der Waals surface area contributed by atoms with Crippen LogP contribution >= 0.6 is 11.6 Å². The summed E-state index contributed by atoms with van der Waals surface area (Å²) in [7, 11) is 1.65. The van der Waals surface area contributed by atoms with E-state index in [-0.39, 0.29) is 0 Å². The highest BCUT2D eigenvalue weighted by Crippen LogP contribution is 2.38. The van der Waals surface area contributed by atoms with Crippen molar-refractivity contribution >= 4 is 33.4 Å². The Labute approximate surface area is 189 Å². The molecule has 0 aliphatic heterocycles. The second-order valence-electron chi connectivity index (χ2n) is 7.40. The Morgan fingerprint density at radius 2 is 1.94 bits per heavy atom. The van der Waals surface area contributed by atoms with Crippen LogP contribution in [0.25, 0.3) is 33.4 Å². The number of aromatic nitrogens is 4. The molecule has 0 aliphatic carbocycles. The molecular weight excluding hydrogens is 428 g/mol. The Hall–Kier alpha value is -3.42. The van der Waals surface area contributed by atoms with Crippen LogP contribution in [-0.2, 0) is 24.4 Å². The van der Waals surface area contributed by atoms with Crippen LogP contribution in [0.3, 0.4) is 0 Å². The summed E-state index contributed by atoms with van der Waals surface area (Å²) in [6, 6.07) is 13.6. The SMILES string of the molecule is CCc1noc(-c2ncc3[nH]c4cccc(OCc5cccc(Cl)c5)c4c3c2COC)n1. The summed E-state index contributed by atoms with van der Waals surface area (Å²) in [5.74, 6) is 1.76. The zero-order chi connectivity index (χ0) is 22.1. The van der Waals surface area contributed by atoms with Crippen LogP contribution in [0.1, 0.15) is 23.9 Å². The molecule has 5 aromatic rings. The molecular formula is C24H21ClN4O3. The van der Waals surface area contributed by atoms with Gasteiger partial charge < -0.3 is 19.0 Å². The van der Waals surface area contributed by atoms with Gasteiger partial charge in [-0.3, -0.25) is 0 Å². The third-order valence-corrected chi connectivity index (χ3v) is 5.52. The van der Waals surface area contributed by atoms with Crippen molar-refractivity contribution in [1.82, 2.24) is 20.1 Å². The standard InChI is InChI=1S/C24H21ClN4O3/c1-3-20-28-24(32-29-20)23-16(13-30-2)21-18(11-26-23)27-17-8-5-9-19(22(17)21)31-12-14-6-4-7-15(25)10-14/h4-11,27H,3,12-13H2,1-2H3. The average Bonchev–Trinajstić information content (AvgIpc) is 3.43. The molecule has 0 saturated heterocycles. The van der Waals surface area contributed by atoms with Crippen molar-refractivity contribution in [2.75, 3.05) is 7.11 Å². The molecule has 32 heavy (non-hydrogen) atoms. The molecule has 0 saturated carbocycles. The van der Waals surface area contributed by atoms with Crippen LogP contribution < -0.4 is 4.74 Å². The highest BCUT2D eigenvalue weighted by Gasteiger charge is 2.21. The molecule has 0 amide bonds. The molecule has 1 N–H and O–H groups in total. The van der Waals surface area contributed by atoms with Crippen LogP contribution in [-0.4, -0.2) is 27.2 Å². The van der Waals surface area contributed by atoms with Gasteiger partial charge in [-0.05, 0) is 29.8 Å². The Balaban J connectivity index is 1.66. The predicted octanol–water partition coefficient (Wildman–Crippen LogP) is 5.71. The Morgan fingerprint density at radius 1 is 1.06 bits per heavy atom. The van der Waals surface area contributed by atoms with Gasteiger partial charge in [0.25, 0.3) is 5.89 Å². The fraction of sp³-hybridized carbons (Fsp3) is 0.208. The molecule has 8 heteroatoms. The summed E-state index contributed by atoms with van der Waals surface area (Å²) in [5.41, 5.74) is 4.29. The lowest BCUT2D eigenvalue weighted by Crippen LogP contribution is -1.98. The van der Waals surface area contributed by atoms with Gasteiger partial charge in [0.2, 0.25) is 0 Å². The molecule has 0 unspecified atom stereocenters. The molecule has 0 fully saturated rings. The average molecular weight is 449 g/mol. The van der Waals surface area contributed by atoms with Crippen molar-refractivity contribution in [2.24, 2.45) is 0 Å². The fourth-order valence-corrected chi connectivity index (χ4v) is 4.06. The minimum atomic E-state index is 0.332. The molecule has 0 bridgehead atoms. The highest BCUT2D eigenvalue weighted by molar-refractivity contribution is 6.30. The minimum Gasteiger partial charge on any atom is -0.488 e. The van der Waals surface area contributed by atoms with Crippen molar-refractivity contribution in [3.63, 3.8) is 0 Å². The normalized spacial score (nSPS) is 11.5. The first-order valence-electron chi connectivity index (χ1n) is 10.3. The summed E-state index contributed by atoms with van der Waals surface area (Å²) < 4.78 is 17.2. The van der Waals surface area contributed by atoms with Gasteiger partial charge in [0.1, 0.15) is 18.1 Å². The van der Waals surface area contributed by atoms with Gasteiger partial charge >= 0.3 is 0 Å². The van der Waals surface area contributed by atoms with Crippen LogP contribution in [0.4, 0.5) is 0 Å². The zero-order valence-electron chi connectivity index (χ0n) is 17.7. The molecule has 0 aliphatic rings. The number of pyridine rings is 1.